The number of rotatable bonds is 11. The van der Waals surface area contributed by atoms with Gasteiger partial charge in [0.2, 0.25) is 5.91 Å². The van der Waals surface area contributed by atoms with Crippen LogP contribution in [0.4, 0.5) is 4.79 Å². The Balaban J connectivity index is 1.37. The predicted octanol–water partition coefficient (Wildman–Crippen LogP) is 5.76. The zero-order valence-electron chi connectivity index (χ0n) is 21.9. The maximum Gasteiger partial charge on any atom is 0.407 e. The first-order valence-corrected chi connectivity index (χ1v) is 12.6. The van der Waals surface area contributed by atoms with E-state index in [1.165, 1.54) is 6.21 Å². The first kappa shape index (κ1) is 27.2. The second-order valence-corrected chi connectivity index (χ2v) is 8.66. The number of hydrogen-bond donors (Lipinski definition) is 2. The summed E-state index contributed by atoms with van der Waals surface area (Å²) in [6.45, 7) is 2.35. The number of nitrogens with zero attached hydrogens (tertiary/aromatic N) is 1. The van der Waals surface area contributed by atoms with Gasteiger partial charge in [-0.2, -0.15) is 5.10 Å². The van der Waals surface area contributed by atoms with Crippen molar-refractivity contribution in [1.29, 1.82) is 0 Å². The zero-order valence-corrected chi connectivity index (χ0v) is 21.9. The maximum absolute atomic E-state index is 12.6. The van der Waals surface area contributed by atoms with Gasteiger partial charge in [-0.1, -0.05) is 72.8 Å². The Labute approximate surface area is 227 Å². The van der Waals surface area contributed by atoms with Gasteiger partial charge in [-0.25, -0.2) is 10.2 Å². The molecule has 8 heteroatoms. The number of nitrogens with one attached hydrogen (secondary N) is 2. The third kappa shape index (κ3) is 7.58. The SMILES string of the molecule is CCOC(=O)N[C@H](CC(=O)N/N=C\c1ccc(OCc2cccc3ccccc23)c(OC)c1)c1ccccc1. The molecule has 0 radical (unpaired) electrons. The summed E-state index contributed by atoms with van der Waals surface area (Å²) in [7, 11) is 1.57. The van der Waals surface area contributed by atoms with Crippen molar-refractivity contribution in [3.8, 4) is 11.5 Å². The Morgan fingerprint density at radius 3 is 2.49 bits per heavy atom. The lowest BCUT2D eigenvalue weighted by atomic mass is 10.0. The average Bonchev–Trinajstić information content (AvgIpc) is 2.96. The fourth-order valence-electron chi connectivity index (χ4n) is 4.12. The molecule has 0 aromatic heterocycles. The highest BCUT2D eigenvalue weighted by molar-refractivity contribution is 5.86. The van der Waals surface area contributed by atoms with Gasteiger partial charge in [-0.05, 0) is 52.6 Å². The van der Waals surface area contributed by atoms with Gasteiger partial charge in [0, 0.05) is 0 Å². The number of alkyl carbamates (subject to hydrolysis) is 1. The van der Waals surface area contributed by atoms with Crippen LogP contribution >= 0.6 is 0 Å². The highest BCUT2D eigenvalue weighted by Crippen LogP contribution is 2.29. The Kier molecular flexibility index (Phi) is 9.50. The number of hydrogen-bond acceptors (Lipinski definition) is 6. The second kappa shape index (κ2) is 13.6. The molecule has 4 rings (SSSR count). The van der Waals surface area contributed by atoms with Crippen molar-refractivity contribution >= 4 is 29.0 Å². The van der Waals surface area contributed by atoms with Crippen molar-refractivity contribution < 1.29 is 23.8 Å². The summed E-state index contributed by atoms with van der Waals surface area (Å²) < 4.78 is 16.6. The summed E-state index contributed by atoms with van der Waals surface area (Å²) in [5.74, 6) is 0.787. The predicted molar refractivity (Wildman–Crippen MR) is 151 cm³/mol. The molecule has 0 saturated carbocycles. The molecule has 0 heterocycles. The van der Waals surface area contributed by atoms with Gasteiger partial charge in [0.15, 0.2) is 11.5 Å². The molecule has 0 aliphatic rings. The quantitative estimate of drug-likeness (QED) is 0.192. The van der Waals surface area contributed by atoms with Gasteiger partial charge in [0.25, 0.3) is 0 Å². The van der Waals surface area contributed by atoms with Crippen LogP contribution in [-0.2, 0) is 16.1 Å². The van der Waals surface area contributed by atoms with Crippen molar-refractivity contribution in [3.63, 3.8) is 0 Å². The van der Waals surface area contributed by atoms with Gasteiger partial charge < -0.3 is 19.5 Å². The lowest BCUT2D eigenvalue weighted by molar-refractivity contribution is -0.121. The van der Waals surface area contributed by atoms with Crippen LogP contribution in [0.25, 0.3) is 10.8 Å². The van der Waals surface area contributed by atoms with Gasteiger partial charge >= 0.3 is 6.09 Å². The Morgan fingerprint density at radius 2 is 1.69 bits per heavy atom. The van der Waals surface area contributed by atoms with Gasteiger partial charge in [0.05, 0.1) is 32.4 Å². The molecule has 39 heavy (non-hydrogen) atoms. The highest BCUT2D eigenvalue weighted by atomic mass is 16.5. The molecule has 0 aliphatic carbocycles. The second-order valence-electron chi connectivity index (χ2n) is 8.66. The van der Waals surface area contributed by atoms with E-state index in [0.717, 1.165) is 21.9 Å². The lowest BCUT2D eigenvalue weighted by Gasteiger charge is -2.18. The molecule has 2 amide bonds. The van der Waals surface area contributed by atoms with Crippen LogP contribution in [0.3, 0.4) is 0 Å². The van der Waals surface area contributed by atoms with E-state index in [1.807, 2.05) is 66.7 Å². The molecule has 4 aromatic rings. The summed E-state index contributed by atoms with van der Waals surface area (Å²) in [5, 5.41) is 9.10. The van der Waals surface area contributed by atoms with Crippen LogP contribution in [0.15, 0.2) is 96.1 Å². The largest absolute Gasteiger partial charge is 0.493 e. The smallest absolute Gasteiger partial charge is 0.407 e. The molecule has 0 unspecified atom stereocenters. The summed E-state index contributed by atoms with van der Waals surface area (Å²) >= 11 is 0. The van der Waals surface area contributed by atoms with Crippen LogP contribution in [0, 0.1) is 0 Å². The summed E-state index contributed by atoms with van der Waals surface area (Å²) in [4.78, 5) is 24.5. The number of methoxy groups -OCH3 is 1. The highest BCUT2D eigenvalue weighted by Gasteiger charge is 2.19. The first-order valence-electron chi connectivity index (χ1n) is 12.6. The van der Waals surface area contributed by atoms with Crippen molar-refractivity contribution in [2.45, 2.75) is 26.0 Å². The number of carbonyl (C=O) groups is 2. The van der Waals surface area contributed by atoms with Gasteiger partial charge in [-0.3, -0.25) is 4.79 Å². The number of carbonyl (C=O) groups excluding carboxylic acids is 2. The van der Waals surface area contributed by atoms with Crippen LogP contribution in [0.1, 0.15) is 36.1 Å². The molecule has 0 spiro atoms. The van der Waals surface area contributed by atoms with E-state index in [4.69, 9.17) is 14.2 Å². The van der Waals surface area contributed by atoms with Crippen LogP contribution in [-0.4, -0.2) is 31.9 Å². The van der Waals surface area contributed by atoms with E-state index in [0.29, 0.717) is 23.7 Å². The minimum atomic E-state index is -0.586. The molecule has 1 atom stereocenters. The molecule has 0 fully saturated rings. The Morgan fingerprint density at radius 1 is 0.923 bits per heavy atom. The number of benzene rings is 4. The molecule has 0 saturated heterocycles. The molecule has 4 aromatic carbocycles. The van der Waals surface area contributed by atoms with E-state index in [2.05, 4.69) is 34.0 Å². The minimum absolute atomic E-state index is 0.00949. The molecule has 0 bridgehead atoms. The zero-order chi connectivity index (χ0) is 27.5. The summed E-state index contributed by atoms with van der Waals surface area (Å²) in [5.41, 5.74) is 5.10. The molecule has 0 aliphatic heterocycles. The van der Waals surface area contributed by atoms with Crippen LogP contribution in [0.2, 0.25) is 0 Å². The van der Waals surface area contributed by atoms with E-state index in [-0.39, 0.29) is 18.9 Å². The third-order valence-corrected chi connectivity index (χ3v) is 6.01. The van der Waals surface area contributed by atoms with E-state index in [1.54, 1.807) is 20.1 Å². The van der Waals surface area contributed by atoms with E-state index in [9.17, 15) is 9.59 Å². The first-order chi connectivity index (χ1) is 19.1. The van der Waals surface area contributed by atoms with Crippen LogP contribution in [0.5, 0.6) is 11.5 Å². The van der Waals surface area contributed by atoms with Crippen molar-refractivity contribution in [3.05, 3.63) is 108 Å². The lowest BCUT2D eigenvalue weighted by Crippen LogP contribution is -2.33. The molecular weight excluding hydrogens is 494 g/mol. The molecule has 2 N–H and O–H groups in total. The Bertz CT molecular complexity index is 1430. The maximum atomic E-state index is 12.6. The standard InChI is InChI=1S/C31H31N3O5/c1-3-38-31(36)33-27(24-11-5-4-6-12-24)19-30(35)34-32-20-22-16-17-28(29(18-22)37-2)39-21-25-14-9-13-23-10-7-8-15-26(23)25/h4-18,20,27H,3,19,21H2,1-2H3,(H,33,36)(H,34,35)/b32-20-/t27-/m1/s1. The van der Waals surface area contributed by atoms with E-state index < -0.39 is 12.1 Å². The van der Waals surface area contributed by atoms with Crippen LogP contribution < -0.4 is 20.2 Å². The normalized spacial score (nSPS) is 11.6. The fraction of sp³-hybridized carbons (Fsp3) is 0.194. The minimum Gasteiger partial charge on any atom is -0.493 e. The molecule has 8 nitrogen and oxygen atoms in total. The number of hydrazone groups is 1. The summed E-state index contributed by atoms with van der Waals surface area (Å²) in [6.07, 6.45) is 0.924. The molecular formula is C31H31N3O5. The topological polar surface area (TPSA) is 98.2 Å². The average molecular weight is 526 g/mol. The summed E-state index contributed by atoms with van der Waals surface area (Å²) in [6, 6.07) is 28.4. The van der Waals surface area contributed by atoms with Gasteiger partial charge in [0.1, 0.15) is 6.61 Å². The monoisotopic (exact) mass is 525 g/mol. The number of ether oxygens (including phenoxy) is 3. The van der Waals surface area contributed by atoms with Crippen molar-refractivity contribution in [2.75, 3.05) is 13.7 Å². The Hall–Kier alpha value is -4.85. The fourth-order valence-corrected chi connectivity index (χ4v) is 4.12. The number of fused-ring (bicyclic) bond motifs is 1. The number of amides is 2. The van der Waals surface area contributed by atoms with Crippen molar-refractivity contribution in [2.24, 2.45) is 5.10 Å². The third-order valence-electron chi connectivity index (χ3n) is 6.01. The van der Waals surface area contributed by atoms with Crippen molar-refractivity contribution in [1.82, 2.24) is 10.7 Å². The molecule has 200 valence electrons. The van der Waals surface area contributed by atoms with E-state index >= 15 is 0 Å². The van der Waals surface area contributed by atoms with Gasteiger partial charge in [-0.15, -0.1) is 0 Å².